The number of hydrogen-bond acceptors (Lipinski definition) is 4. The summed E-state index contributed by atoms with van der Waals surface area (Å²) in [6.07, 6.45) is 21.7. The molecule has 0 aromatic carbocycles. The third kappa shape index (κ3) is 14.2. The Labute approximate surface area is 199 Å². The van der Waals surface area contributed by atoms with Crippen LogP contribution >= 0.6 is 0 Å². The summed E-state index contributed by atoms with van der Waals surface area (Å²) in [5.41, 5.74) is -1.14. The van der Waals surface area contributed by atoms with Crippen molar-refractivity contribution in [3.63, 3.8) is 0 Å². The number of unbranched alkanes of at least 4 members (excludes halogenated alkanes) is 15. The molecule has 0 spiro atoms. The van der Waals surface area contributed by atoms with Gasteiger partial charge in [-0.05, 0) is 25.7 Å². The summed E-state index contributed by atoms with van der Waals surface area (Å²) in [6, 6.07) is 0. The first-order valence-corrected chi connectivity index (χ1v) is 13.9. The zero-order valence-corrected chi connectivity index (χ0v) is 22.0. The van der Waals surface area contributed by atoms with Crippen LogP contribution in [0.4, 0.5) is 0 Å². The molecule has 0 amide bonds. The van der Waals surface area contributed by atoms with Crippen LogP contribution in [0.25, 0.3) is 0 Å². The van der Waals surface area contributed by atoms with E-state index in [1.807, 2.05) is 13.8 Å². The Morgan fingerprint density at radius 2 is 0.750 bits per heavy atom. The van der Waals surface area contributed by atoms with Crippen molar-refractivity contribution in [3.8, 4) is 0 Å². The minimum Gasteiger partial charge on any atom is -0.465 e. The first kappa shape index (κ1) is 30.9. The zero-order valence-electron chi connectivity index (χ0n) is 22.0. The summed E-state index contributed by atoms with van der Waals surface area (Å²) in [5, 5.41) is 0. The van der Waals surface area contributed by atoms with Crippen LogP contribution in [0.1, 0.15) is 150 Å². The van der Waals surface area contributed by atoms with Gasteiger partial charge in [0.25, 0.3) is 0 Å². The molecule has 0 aromatic rings. The van der Waals surface area contributed by atoms with Crippen LogP contribution in [0.15, 0.2) is 0 Å². The molecule has 0 rings (SSSR count). The van der Waals surface area contributed by atoms with E-state index in [1.54, 1.807) is 0 Å². The van der Waals surface area contributed by atoms with Crippen LogP contribution < -0.4 is 0 Å². The van der Waals surface area contributed by atoms with Crippen LogP contribution in [-0.4, -0.2) is 25.2 Å². The van der Waals surface area contributed by atoms with Crippen LogP contribution in [0.5, 0.6) is 0 Å². The quantitative estimate of drug-likeness (QED) is 0.0881. The van der Waals surface area contributed by atoms with Crippen molar-refractivity contribution in [1.82, 2.24) is 0 Å². The van der Waals surface area contributed by atoms with Gasteiger partial charge in [-0.1, -0.05) is 124 Å². The van der Waals surface area contributed by atoms with Crippen molar-refractivity contribution >= 4 is 11.9 Å². The van der Waals surface area contributed by atoms with E-state index in [4.69, 9.17) is 9.47 Å². The van der Waals surface area contributed by atoms with Gasteiger partial charge in [-0.2, -0.15) is 0 Å². The number of carbonyl (C=O) groups excluding carboxylic acids is 2. The second-order valence-corrected chi connectivity index (χ2v) is 9.36. The standard InChI is InChI=1S/C28H54O4/c1-5-9-11-13-14-15-16-17-18-19-21-23-25-32-27(30)28(7-3,8-4)26(29)31-24-22-20-12-10-6-2/h5-25H2,1-4H3. The van der Waals surface area contributed by atoms with E-state index in [2.05, 4.69) is 13.8 Å². The fraction of sp³-hybridized carbons (Fsp3) is 0.929. The Morgan fingerprint density at radius 3 is 1.03 bits per heavy atom. The molecule has 0 N–H and O–H groups in total. The summed E-state index contributed by atoms with van der Waals surface area (Å²) in [7, 11) is 0. The van der Waals surface area contributed by atoms with Crippen molar-refractivity contribution in [3.05, 3.63) is 0 Å². The van der Waals surface area contributed by atoms with E-state index < -0.39 is 17.4 Å². The van der Waals surface area contributed by atoms with Crippen LogP contribution in [0.3, 0.4) is 0 Å². The molecule has 0 radical (unpaired) electrons. The molecule has 0 saturated heterocycles. The molecule has 4 heteroatoms. The third-order valence-corrected chi connectivity index (χ3v) is 6.70. The van der Waals surface area contributed by atoms with Gasteiger partial charge in [0.2, 0.25) is 0 Å². The summed E-state index contributed by atoms with van der Waals surface area (Å²) in [6.45, 7) is 8.99. The second kappa shape index (κ2) is 21.8. The number of carbonyl (C=O) groups is 2. The van der Waals surface area contributed by atoms with Gasteiger partial charge in [-0.15, -0.1) is 0 Å². The predicted molar refractivity (Wildman–Crippen MR) is 135 cm³/mol. The van der Waals surface area contributed by atoms with Gasteiger partial charge in [0.05, 0.1) is 13.2 Å². The van der Waals surface area contributed by atoms with E-state index in [0.717, 1.165) is 25.7 Å². The maximum atomic E-state index is 12.7. The third-order valence-electron chi connectivity index (χ3n) is 6.70. The Hall–Kier alpha value is -1.06. The van der Waals surface area contributed by atoms with Crippen molar-refractivity contribution in [2.24, 2.45) is 5.41 Å². The van der Waals surface area contributed by atoms with E-state index in [-0.39, 0.29) is 0 Å². The summed E-state index contributed by atoms with van der Waals surface area (Å²) < 4.78 is 11.0. The van der Waals surface area contributed by atoms with Gasteiger partial charge in [0, 0.05) is 0 Å². The molecule has 0 fully saturated rings. The summed E-state index contributed by atoms with van der Waals surface area (Å²) >= 11 is 0. The average Bonchev–Trinajstić information content (AvgIpc) is 2.80. The highest BCUT2D eigenvalue weighted by molar-refractivity contribution is 5.99. The predicted octanol–water partition coefficient (Wildman–Crippen LogP) is 8.55. The Morgan fingerprint density at radius 1 is 0.469 bits per heavy atom. The Bertz CT molecular complexity index is 443. The lowest BCUT2D eigenvalue weighted by Gasteiger charge is -2.27. The monoisotopic (exact) mass is 454 g/mol. The van der Waals surface area contributed by atoms with Crippen molar-refractivity contribution in [2.75, 3.05) is 13.2 Å². The minimum atomic E-state index is -1.14. The van der Waals surface area contributed by atoms with Crippen LogP contribution in [0, 0.1) is 5.41 Å². The van der Waals surface area contributed by atoms with E-state index >= 15 is 0 Å². The summed E-state index contributed by atoms with van der Waals surface area (Å²) in [5.74, 6) is -0.806. The Balaban J connectivity index is 3.94. The van der Waals surface area contributed by atoms with Crippen molar-refractivity contribution in [1.29, 1.82) is 0 Å². The fourth-order valence-electron chi connectivity index (χ4n) is 4.17. The first-order chi connectivity index (χ1) is 15.6. The van der Waals surface area contributed by atoms with E-state index in [1.165, 1.54) is 83.5 Å². The lowest BCUT2D eigenvalue weighted by molar-refractivity contribution is -0.173. The molecule has 0 atom stereocenters. The highest BCUT2D eigenvalue weighted by Gasteiger charge is 2.45. The topological polar surface area (TPSA) is 52.6 Å². The molecule has 0 aromatic heterocycles. The number of ether oxygens (including phenoxy) is 2. The smallest absolute Gasteiger partial charge is 0.323 e. The molecule has 0 heterocycles. The van der Waals surface area contributed by atoms with Crippen LogP contribution in [0.2, 0.25) is 0 Å². The molecule has 4 nitrogen and oxygen atoms in total. The number of rotatable bonds is 23. The molecule has 0 saturated carbocycles. The largest absolute Gasteiger partial charge is 0.465 e. The van der Waals surface area contributed by atoms with E-state index in [0.29, 0.717) is 26.1 Å². The van der Waals surface area contributed by atoms with Gasteiger partial charge in [-0.3, -0.25) is 9.59 Å². The fourth-order valence-corrected chi connectivity index (χ4v) is 4.17. The molecule has 0 unspecified atom stereocenters. The molecule has 0 bridgehead atoms. The lowest BCUT2D eigenvalue weighted by Crippen LogP contribution is -2.41. The SMILES string of the molecule is CCCCCCCCCCCCCCOC(=O)C(CC)(CC)C(=O)OCCCCCCC. The summed E-state index contributed by atoms with van der Waals surface area (Å²) in [4.78, 5) is 25.4. The van der Waals surface area contributed by atoms with Crippen molar-refractivity contribution < 1.29 is 19.1 Å². The van der Waals surface area contributed by atoms with Gasteiger partial charge in [0.1, 0.15) is 0 Å². The number of hydrogen-bond donors (Lipinski definition) is 0. The second-order valence-electron chi connectivity index (χ2n) is 9.36. The van der Waals surface area contributed by atoms with Gasteiger partial charge < -0.3 is 9.47 Å². The molecule has 190 valence electrons. The highest BCUT2D eigenvalue weighted by Crippen LogP contribution is 2.30. The van der Waals surface area contributed by atoms with Gasteiger partial charge >= 0.3 is 11.9 Å². The molecule has 32 heavy (non-hydrogen) atoms. The molecule has 0 aliphatic carbocycles. The lowest BCUT2D eigenvalue weighted by atomic mass is 9.82. The van der Waals surface area contributed by atoms with Crippen LogP contribution in [-0.2, 0) is 19.1 Å². The first-order valence-electron chi connectivity index (χ1n) is 13.9. The zero-order chi connectivity index (χ0) is 23.9. The van der Waals surface area contributed by atoms with Gasteiger partial charge in [-0.25, -0.2) is 0 Å². The maximum absolute atomic E-state index is 12.7. The molecular formula is C28H54O4. The minimum absolute atomic E-state index is 0.399. The maximum Gasteiger partial charge on any atom is 0.323 e. The Kier molecular flexibility index (Phi) is 21.0. The number of esters is 2. The van der Waals surface area contributed by atoms with Crippen molar-refractivity contribution in [2.45, 2.75) is 150 Å². The average molecular weight is 455 g/mol. The molecule has 0 aliphatic rings. The van der Waals surface area contributed by atoms with E-state index in [9.17, 15) is 9.59 Å². The molecule has 0 aliphatic heterocycles. The van der Waals surface area contributed by atoms with Gasteiger partial charge in [0.15, 0.2) is 5.41 Å². The highest BCUT2D eigenvalue weighted by atomic mass is 16.6. The normalized spacial score (nSPS) is 11.5. The molecular weight excluding hydrogens is 400 g/mol.